The Kier molecular flexibility index (Phi) is 9.94. The van der Waals surface area contributed by atoms with E-state index in [0.717, 1.165) is 11.3 Å². The summed E-state index contributed by atoms with van der Waals surface area (Å²) in [5.41, 5.74) is 1.82. The van der Waals surface area contributed by atoms with E-state index < -0.39 is 36.0 Å². The van der Waals surface area contributed by atoms with E-state index in [1.807, 2.05) is 50.4 Å². The molecule has 200 valence electrons. The van der Waals surface area contributed by atoms with E-state index in [9.17, 15) is 18.8 Å². The first-order valence-electron chi connectivity index (χ1n) is 11.5. The standard InChI is InChI=1S/C27H25Cl2F2N3O3S/c1-26(2,18-4-6-21(7-5-18)36-15-20-9-11-33-25(34-20)38-3)19-12-17(14-32)24(22(28)13-19)37-16-27(30,31)10-8-23(29)35/h4-7,9,11-13H,8,10,15-16H2,1-3H3. The Balaban J connectivity index is 1.74. The molecule has 11 heteroatoms. The maximum atomic E-state index is 14.1. The number of hydrogen-bond acceptors (Lipinski definition) is 7. The molecule has 38 heavy (non-hydrogen) atoms. The number of rotatable bonds is 12. The molecule has 6 nitrogen and oxygen atoms in total. The van der Waals surface area contributed by atoms with Gasteiger partial charge in [-0.15, -0.1) is 0 Å². The molecule has 0 bridgehead atoms. The van der Waals surface area contributed by atoms with Crippen LogP contribution in [-0.2, 0) is 16.8 Å². The van der Waals surface area contributed by atoms with Crippen molar-refractivity contribution in [3.63, 3.8) is 0 Å². The van der Waals surface area contributed by atoms with Crippen LogP contribution in [-0.4, -0.2) is 34.0 Å². The first kappa shape index (κ1) is 29.6. The van der Waals surface area contributed by atoms with Gasteiger partial charge in [0.05, 0.1) is 16.3 Å². The molecular formula is C27H25Cl2F2N3O3S. The Bertz CT molecular complexity index is 1330. The fraction of sp³-hybridized carbons (Fsp3) is 0.333. The quantitative estimate of drug-likeness (QED) is 0.127. The Hall–Kier alpha value is -2.93. The third-order valence-electron chi connectivity index (χ3n) is 5.84. The number of thioether (sulfide) groups is 1. The van der Waals surface area contributed by atoms with Crippen LogP contribution in [0.5, 0.6) is 11.5 Å². The van der Waals surface area contributed by atoms with Gasteiger partial charge in [0.2, 0.25) is 5.24 Å². The highest BCUT2D eigenvalue weighted by Gasteiger charge is 2.32. The van der Waals surface area contributed by atoms with E-state index in [1.165, 1.54) is 11.8 Å². The molecule has 0 radical (unpaired) electrons. The minimum absolute atomic E-state index is 0.0270. The van der Waals surface area contributed by atoms with Crippen LogP contribution in [0.3, 0.4) is 0 Å². The van der Waals surface area contributed by atoms with Crippen LogP contribution in [0.2, 0.25) is 5.02 Å². The van der Waals surface area contributed by atoms with Gasteiger partial charge in [-0.2, -0.15) is 5.26 Å². The van der Waals surface area contributed by atoms with E-state index in [-0.39, 0.29) is 16.3 Å². The van der Waals surface area contributed by atoms with Crippen molar-refractivity contribution < 1.29 is 23.0 Å². The molecule has 3 aromatic rings. The van der Waals surface area contributed by atoms with Gasteiger partial charge in [-0.1, -0.05) is 49.3 Å². The molecule has 0 atom stereocenters. The maximum absolute atomic E-state index is 14.1. The highest BCUT2D eigenvalue weighted by molar-refractivity contribution is 7.98. The van der Waals surface area contributed by atoms with Crippen LogP contribution < -0.4 is 9.47 Å². The first-order chi connectivity index (χ1) is 17.9. The van der Waals surface area contributed by atoms with E-state index in [4.69, 9.17) is 32.7 Å². The van der Waals surface area contributed by atoms with Crippen molar-refractivity contribution in [2.24, 2.45) is 0 Å². The Morgan fingerprint density at radius 2 is 1.84 bits per heavy atom. The molecule has 2 aromatic carbocycles. The lowest BCUT2D eigenvalue weighted by Crippen LogP contribution is -2.26. The molecule has 0 aliphatic rings. The van der Waals surface area contributed by atoms with Gasteiger partial charge in [0.15, 0.2) is 17.5 Å². The second kappa shape index (κ2) is 12.7. The second-order valence-electron chi connectivity index (χ2n) is 8.92. The highest BCUT2D eigenvalue weighted by Crippen LogP contribution is 2.39. The Morgan fingerprint density at radius 1 is 1.13 bits per heavy atom. The van der Waals surface area contributed by atoms with Crippen LogP contribution in [0.4, 0.5) is 8.78 Å². The number of carbonyl (C=O) groups is 1. The predicted molar refractivity (Wildman–Crippen MR) is 143 cm³/mol. The summed E-state index contributed by atoms with van der Waals surface area (Å²) in [6.45, 7) is 3.17. The van der Waals surface area contributed by atoms with Crippen molar-refractivity contribution in [1.82, 2.24) is 9.97 Å². The number of benzene rings is 2. The largest absolute Gasteiger partial charge is 0.487 e. The average molecular weight is 580 g/mol. The van der Waals surface area contributed by atoms with E-state index in [1.54, 1.807) is 24.4 Å². The lowest BCUT2D eigenvalue weighted by Gasteiger charge is -2.27. The fourth-order valence-electron chi connectivity index (χ4n) is 3.56. The third-order valence-corrected chi connectivity index (χ3v) is 6.87. The number of alkyl halides is 2. The number of nitrogens with zero attached hydrogens (tertiary/aromatic N) is 3. The van der Waals surface area contributed by atoms with Crippen molar-refractivity contribution in [2.45, 2.75) is 49.8 Å². The first-order valence-corrected chi connectivity index (χ1v) is 13.5. The molecule has 0 unspecified atom stereocenters. The molecule has 1 heterocycles. The molecule has 0 aliphatic heterocycles. The van der Waals surface area contributed by atoms with Crippen molar-refractivity contribution in [2.75, 3.05) is 12.9 Å². The summed E-state index contributed by atoms with van der Waals surface area (Å²) in [7, 11) is 0. The number of aromatic nitrogens is 2. The van der Waals surface area contributed by atoms with Crippen molar-refractivity contribution in [3.05, 3.63) is 76.1 Å². The minimum Gasteiger partial charge on any atom is -0.487 e. The monoisotopic (exact) mass is 579 g/mol. The predicted octanol–water partition coefficient (Wildman–Crippen LogP) is 7.19. The molecule has 0 N–H and O–H groups in total. The van der Waals surface area contributed by atoms with Crippen molar-refractivity contribution >= 4 is 40.2 Å². The van der Waals surface area contributed by atoms with Gasteiger partial charge < -0.3 is 9.47 Å². The van der Waals surface area contributed by atoms with Crippen LogP contribution in [0, 0.1) is 11.3 Å². The van der Waals surface area contributed by atoms with Crippen LogP contribution in [0.1, 0.15) is 49.1 Å². The lowest BCUT2D eigenvalue weighted by atomic mass is 9.77. The van der Waals surface area contributed by atoms with E-state index >= 15 is 0 Å². The zero-order chi connectivity index (χ0) is 27.9. The summed E-state index contributed by atoms with van der Waals surface area (Å²) >= 11 is 13.0. The molecule has 0 aliphatic carbocycles. The molecule has 3 rings (SSSR count). The van der Waals surface area contributed by atoms with Gasteiger partial charge in [-0.05, 0) is 59.3 Å². The number of ether oxygens (including phenoxy) is 2. The zero-order valence-electron chi connectivity index (χ0n) is 20.9. The third kappa shape index (κ3) is 7.79. The van der Waals surface area contributed by atoms with Crippen LogP contribution in [0.25, 0.3) is 0 Å². The summed E-state index contributed by atoms with van der Waals surface area (Å²) in [6, 6.07) is 14.4. The number of carbonyl (C=O) groups excluding carboxylic acids is 1. The summed E-state index contributed by atoms with van der Waals surface area (Å²) in [5, 5.41) is 9.51. The van der Waals surface area contributed by atoms with Gasteiger partial charge >= 0.3 is 0 Å². The summed E-state index contributed by atoms with van der Waals surface area (Å²) in [4.78, 5) is 19.4. The number of halogens is 4. The van der Waals surface area contributed by atoms with Gasteiger partial charge in [-0.3, -0.25) is 4.79 Å². The molecule has 0 spiro atoms. The minimum atomic E-state index is -3.31. The zero-order valence-corrected chi connectivity index (χ0v) is 23.3. The Labute approximate surface area is 234 Å². The van der Waals surface area contributed by atoms with Crippen molar-refractivity contribution in [1.29, 1.82) is 5.26 Å². The normalized spacial score (nSPS) is 11.6. The van der Waals surface area contributed by atoms with Gasteiger partial charge in [0, 0.05) is 24.5 Å². The fourth-order valence-corrected chi connectivity index (χ4v) is 4.30. The molecule has 0 saturated heterocycles. The summed E-state index contributed by atoms with van der Waals surface area (Å²) in [5.74, 6) is -2.79. The van der Waals surface area contributed by atoms with Gasteiger partial charge in [0.25, 0.3) is 5.92 Å². The molecular weight excluding hydrogens is 555 g/mol. The highest BCUT2D eigenvalue weighted by atomic mass is 35.5. The van der Waals surface area contributed by atoms with E-state index in [2.05, 4.69) is 9.97 Å². The van der Waals surface area contributed by atoms with Crippen LogP contribution >= 0.6 is 35.0 Å². The molecule has 1 aromatic heterocycles. The topological polar surface area (TPSA) is 85.1 Å². The van der Waals surface area contributed by atoms with Gasteiger partial charge in [-0.25, -0.2) is 18.7 Å². The maximum Gasteiger partial charge on any atom is 0.281 e. The van der Waals surface area contributed by atoms with Crippen LogP contribution in [0.15, 0.2) is 53.8 Å². The van der Waals surface area contributed by atoms with E-state index in [0.29, 0.717) is 23.1 Å². The van der Waals surface area contributed by atoms with Gasteiger partial charge in [0.1, 0.15) is 18.4 Å². The molecule has 0 saturated carbocycles. The molecule has 0 fully saturated rings. The second-order valence-corrected chi connectivity index (χ2v) is 10.5. The summed E-state index contributed by atoms with van der Waals surface area (Å²) in [6.07, 6.45) is 2.33. The average Bonchev–Trinajstić information content (AvgIpc) is 2.90. The lowest BCUT2D eigenvalue weighted by molar-refractivity contribution is -0.114. The number of hydrogen-bond donors (Lipinski definition) is 0. The Morgan fingerprint density at radius 3 is 2.47 bits per heavy atom. The SMILES string of the molecule is CSc1nccc(COc2ccc(C(C)(C)c3cc(Cl)c(OCC(F)(F)CCC(=O)Cl)c(C#N)c3)cc2)n1. The smallest absolute Gasteiger partial charge is 0.281 e. The van der Waals surface area contributed by atoms with Crippen molar-refractivity contribution in [3.8, 4) is 17.6 Å². The number of nitriles is 1. The molecule has 0 amide bonds. The summed E-state index contributed by atoms with van der Waals surface area (Å²) < 4.78 is 39.2.